The van der Waals surface area contributed by atoms with Gasteiger partial charge in [-0.1, -0.05) is 98.4 Å². The average Bonchev–Trinajstić information content (AvgIpc) is 1.54. The van der Waals surface area contributed by atoms with Crippen LogP contribution < -0.4 is 22.1 Å². The van der Waals surface area contributed by atoms with E-state index in [0.29, 0.717) is 80.5 Å². The molecule has 8 N–H and O–H groups in total. The van der Waals surface area contributed by atoms with Crippen LogP contribution in [0.1, 0.15) is 158 Å². The largest absolute Gasteiger partial charge is 0.481 e. The molecule has 2 aromatic heterocycles. The molecule has 4 aliphatic carbocycles. The standard InChI is InChI=1S/C32H35Cl2FN2O5.C25H25Cl2FN2O3.C6H12N2O2/c1-30(2)8-10-31(11-9-30)14-19(23(38)12-17-6-7-24(28(39)40)42-16-17)26(18-4-3-5-21(33)27(18)35)32(31)20-15-36-25(34)13-22(20)37-29(32)41;1-23(2)6-8-24(9-7-23)11-14(21(31)32)19(13-4-3-5-16(26)20(13)28)25(24)15-12-29-18(27)10-17(15)30-22(25)33;7-4-1-2-5(6(8)9)10-3-4/h3-5,13,15,17,19,24,26H,6-12,14,16H2,1-2H3,(H,37,41)(H,39,40);3-5,10,12,14,19H,6-9,11H2,1-2H3,(H,30,33)(H,31,32);4-5H,1-3,7H2,(H2,8,9)/t17-,19-,24-,26-,32+;14-,19+,25?;4-,5+/m011/s1. The molecule has 16 nitrogen and oxygen atoms in total. The number of nitrogens with two attached hydrogens (primary N) is 2. The third-order valence-electron chi connectivity index (χ3n) is 20.7. The van der Waals surface area contributed by atoms with Crippen LogP contribution in [0.2, 0.25) is 20.4 Å². The Morgan fingerprint density at radius 2 is 1.08 bits per heavy atom. The third-order valence-corrected chi connectivity index (χ3v) is 21.7. The Hall–Kier alpha value is -5.34. The van der Waals surface area contributed by atoms with Crippen LogP contribution in [0.15, 0.2) is 60.9 Å². The summed E-state index contributed by atoms with van der Waals surface area (Å²) < 4.78 is 42.1. The van der Waals surface area contributed by atoms with Gasteiger partial charge in [0.15, 0.2) is 6.10 Å². The number of rotatable bonds is 8. The zero-order valence-electron chi connectivity index (χ0n) is 47.9. The van der Waals surface area contributed by atoms with Gasteiger partial charge in [-0.3, -0.25) is 24.0 Å². The maximum Gasteiger partial charge on any atom is 0.332 e. The molecule has 0 radical (unpaired) electrons. The number of pyridine rings is 2. The molecule has 8 aliphatic rings. The van der Waals surface area contributed by atoms with Gasteiger partial charge in [-0.05, 0) is 153 Å². The fourth-order valence-electron chi connectivity index (χ4n) is 16.3. The van der Waals surface area contributed by atoms with E-state index in [0.717, 1.165) is 32.1 Å². The minimum Gasteiger partial charge on any atom is -0.481 e. The Kier molecular flexibility index (Phi) is 17.4. The first-order valence-corrected chi connectivity index (χ1v) is 30.7. The molecule has 1 unspecified atom stereocenters. The summed E-state index contributed by atoms with van der Waals surface area (Å²) in [7, 11) is 0. The van der Waals surface area contributed by atoms with Crippen molar-refractivity contribution in [3.05, 3.63) is 115 Å². The fourth-order valence-corrected chi connectivity index (χ4v) is 16.9. The number of aromatic nitrogens is 2. The van der Waals surface area contributed by atoms with Crippen LogP contribution in [0.4, 0.5) is 20.2 Å². The molecule has 2 aromatic carbocycles. The van der Waals surface area contributed by atoms with E-state index >= 15 is 8.78 Å². The number of Topliss-reactive ketones (excluding diaryl/α,β-unsaturated/α-hetero) is 1. The zero-order valence-corrected chi connectivity index (χ0v) is 50.9. The Morgan fingerprint density at radius 1 is 0.635 bits per heavy atom. The first kappa shape index (κ1) is 62.7. The monoisotopic (exact) mass is 1250 g/mol. The second kappa shape index (κ2) is 23.6. The van der Waals surface area contributed by atoms with Gasteiger partial charge in [0.2, 0.25) is 17.7 Å². The number of carboxylic acids is 2. The van der Waals surface area contributed by atoms with Crippen LogP contribution in [0.3, 0.4) is 0 Å². The molecule has 6 heterocycles. The number of benzene rings is 2. The summed E-state index contributed by atoms with van der Waals surface area (Å²) in [6.07, 6.45) is 11.3. The molecule has 4 aliphatic heterocycles. The molecule has 4 saturated carbocycles. The third kappa shape index (κ3) is 11.0. The molecule has 456 valence electrons. The molecule has 2 saturated heterocycles. The summed E-state index contributed by atoms with van der Waals surface area (Å²) in [5.41, 5.74) is 9.60. The number of hydrogen-bond acceptors (Lipinski definition) is 11. The number of hydrogen-bond donors (Lipinski definition) is 6. The number of ketones is 1. The highest BCUT2D eigenvalue weighted by Crippen LogP contribution is 2.74. The van der Waals surface area contributed by atoms with E-state index in [4.69, 9.17) is 67.3 Å². The van der Waals surface area contributed by atoms with Crippen molar-refractivity contribution in [1.82, 2.24) is 9.97 Å². The zero-order chi connectivity index (χ0) is 61.3. The maximum absolute atomic E-state index is 16.1. The van der Waals surface area contributed by atoms with E-state index in [1.807, 2.05) is 0 Å². The minimum atomic E-state index is -1.29. The summed E-state index contributed by atoms with van der Waals surface area (Å²) in [6.45, 7) is 9.43. The Labute approximate surface area is 512 Å². The van der Waals surface area contributed by atoms with Crippen molar-refractivity contribution in [1.29, 1.82) is 0 Å². The van der Waals surface area contributed by atoms with E-state index in [-0.39, 0.29) is 97.2 Å². The van der Waals surface area contributed by atoms with Gasteiger partial charge in [-0.15, -0.1) is 0 Å². The smallest absolute Gasteiger partial charge is 0.332 e. The first-order valence-electron chi connectivity index (χ1n) is 29.2. The average molecular weight is 1250 g/mol. The molecular weight excluding hydrogens is 1180 g/mol. The number of carbonyl (C=O) groups excluding carboxylic acids is 4. The van der Waals surface area contributed by atoms with Crippen LogP contribution in [0.5, 0.6) is 0 Å². The molecule has 4 spiro atoms. The van der Waals surface area contributed by atoms with Crippen LogP contribution >= 0.6 is 46.4 Å². The molecule has 4 aromatic rings. The lowest BCUT2D eigenvalue weighted by atomic mass is 9.51. The number of amides is 3. The molecule has 12 rings (SSSR count). The number of carbonyl (C=O) groups is 6. The van der Waals surface area contributed by atoms with Crippen molar-refractivity contribution in [2.24, 2.45) is 50.9 Å². The van der Waals surface area contributed by atoms with Crippen LogP contribution in [0.25, 0.3) is 0 Å². The van der Waals surface area contributed by atoms with Crippen LogP contribution in [0, 0.1) is 51.0 Å². The van der Waals surface area contributed by atoms with Crippen molar-refractivity contribution >= 4 is 93.2 Å². The van der Waals surface area contributed by atoms with Crippen LogP contribution in [-0.2, 0) is 49.1 Å². The quantitative estimate of drug-likeness (QED) is 0.0898. The van der Waals surface area contributed by atoms with Crippen molar-refractivity contribution in [3.8, 4) is 0 Å². The SMILES string of the molecule is CC1(C)CCC2(CC1)C[C@@H](C(=O)C[C@@H]1CC[C@@H](C(=O)O)OC1)[C@H](c1cccc(Cl)c1F)[C@]21C(=O)Nc2cc(Cl)ncc21.CC1(C)CCC2(CC1)C[C@@H](C(=O)O)[C@H](c1cccc(Cl)c1F)C21C(=O)Nc2cc(Cl)ncc21.NC(=O)[C@@H]1CC[C@@H](N)CO1. The summed E-state index contributed by atoms with van der Waals surface area (Å²) >= 11 is 24.8. The second-order valence-corrected chi connectivity index (χ2v) is 28.1. The first-order chi connectivity index (χ1) is 40.1. The van der Waals surface area contributed by atoms with Crippen molar-refractivity contribution in [3.63, 3.8) is 0 Å². The summed E-state index contributed by atoms with van der Waals surface area (Å²) in [5.74, 6) is -7.87. The number of aliphatic carboxylic acids is 2. The Bertz CT molecular complexity index is 3320. The Morgan fingerprint density at radius 3 is 1.49 bits per heavy atom. The number of carboxylic acid groups (broad SMARTS) is 2. The number of halogens is 6. The summed E-state index contributed by atoms with van der Waals surface area (Å²) in [5, 5.41) is 25.9. The molecular formula is C63H72Cl4F2N6O10. The van der Waals surface area contributed by atoms with Crippen molar-refractivity contribution in [2.45, 2.75) is 165 Å². The number of ether oxygens (including phenoxy) is 2. The molecule has 85 heavy (non-hydrogen) atoms. The van der Waals surface area contributed by atoms with Gasteiger partial charge in [0.1, 0.15) is 33.8 Å². The normalized spacial score (nSPS) is 30.8. The van der Waals surface area contributed by atoms with Gasteiger partial charge in [0.05, 0.1) is 40.0 Å². The fraction of sp³-hybridized carbons (Fsp3) is 0.556. The molecule has 3 amide bonds. The van der Waals surface area contributed by atoms with E-state index < -0.39 is 81.1 Å². The second-order valence-electron chi connectivity index (χ2n) is 26.6. The number of primary amides is 1. The predicted octanol–water partition coefficient (Wildman–Crippen LogP) is 12.1. The molecule has 6 fully saturated rings. The van der Waals surface area contributed by atoms with Crippen molar-refractivity contribution < 1.29 is 57.2 Å². The van der Waals surface area contributed by atoms with Crippen LogP contribution in [-0.4, -0.2) is 87.1 Å². The van der Waals surface area contributed by atoms with E-state index in [9.17, 15) is 39.0 Å². The highest BCUT2D eigenvalue weighted by molar-refractivity contribution is 6.31. The summed E-state index contributed by atoms with van der Waals surface area (Å²) in [6, 6.07) is 12.7. The minimum absolute atomic E-state index is 0.0622. The number of nitrogens with one attached hydrogen (secondary N) is 2. The van der Waals surface area contributed by atoms with Gasteiger partial charge >= 0.3 is 11.9 Å². The lowest BCUT2D eigenvalue weighted by molar-refractivity contribution is -0.155. The highest BCUT2D eigenvalue weighted by Gasteiger charge is 2.74. The van der Waals surface area contributed by atoms with Gasteiger partial charge < -0.3 is 41.8 Å². The highest BCUT2D eigenvalue weighted by atomic mass is 35.5. The number of anilines is 2. The predicted molar refractivity (Wildman–Crippen MR) is 316 cm³/mol. The number of nitrogens with zero attached hydrogens (tertiary/aromatic N) is 2. The van der Waals surface area contributed by atoms with Crippen molar-refractivity contribution in [2.75, 3.05) is 23.8 Å². The number of fused-ring (bicyclic) bond motifs is 6. The summed E-state index contributed by atoms with van der Waals surface area (Å²) in [4.78, 5) is 86.1. The van der Waals surface area contributed by atoms with E-state index in [1.54, 1.807) is 48.8 Å². The van der Waals surface area contributed by atoms with E-state index in [2.05, 4.69) is 48.3 Å². The topological polar surface area (TPSA) is 263 Å². The van der Waals surface area contributed by atoms with Gasteiger partial charge in [0, 0.05) is 65.1 Å². The van der Waals surface area contributed by atoms with Gasteiger partial charge in [0.25, 0.3) is 0 Å². The van der Waals surface area contributed by atoms with Gasteiger partial charge in [-0.25, -0.2) is 23.5 Å². The van der Waals surface area contributed by atoms with Gasteiger partial charge in [-0.2, -0.15) is 0 Å². The lowest BCUT2D eigenvalue weighted by Gasteiger charge is -2.50. The molecule has 0 bridgehead atoms. The molecule has 22 heteroatoms. The maximum atomic E-state index is 16.1. The molecule has 10 atom stereocenters. The Balaban J connectivity index is 0.000000166. The lowest BCUT2D eigenvalue weighted by Crippen LogP contribution is -2.52. The van der Waals surface area contributed by atoms with E-state index in [1.165, 1.54) is 12.1 Å².